The highest BCUT2D eigenvalue weighted by molar-refractivity contribution is 5.23. The Balaban J connectivity index is 1.58. The van der Waals surface area contributed by atoms with Crippen LogP contribution in [0.1, 0.15) is 44.0 Å². The van der Waals surface area contributed by atoms with E-state index in [2.05, 4.69) is 59.0 Å². The predicted molar refractivity (Wildman–Crippen MR) is 81.7 cm³/mol. The minimum absolute atomic E-state index is 0.145. The van der Waals surface area contributed by atoms with Crippen molar-refractivity contribution in [3.8, 4) is 0 Å². The van der Waals surface area contributed by atoms with Gasteiger partial charge >= 0.3 is 0 Å². The molecule has 1 aliphatic rings. The zero-order chi connectivity index (χ0) is 14.0. The summed E-state index contributed by atoms with van der Waals surface area (Å²) in [5.41, 5.74) is 2.82. The minimum atomic E-state index is 0.145. The normalized spacial score (nSPS) is 15.5. The lowest BCUT2D eigenvalue weighted by Crippen LogP contribution is -2.33. The van der Waals surface area contributed by atoms with Gasteiger partial charge in [-0.25, -0.2) is 4.98 Å². The molecule has 3 nitrogen and oxygen atoms in total. The van der Waals surface area contributed by atoms with Gasteiger partial charge < -0.3 is 9.88 Å². The fourth-order valence-electron chi connectivity index (χ4n) is 2.64. The quantitative estimate of drug-likeness (QED) is 0.872. The van der Waals surface area contributed by atoms with Crippen LogP contribution in [-0.4, -0.2) is 16.1 Å². The maximum atomic E-state index is 4.28. The highest BCUT2D eigenvalue weighted by Gasteiger charge is 2.25. The van der Waals surface area contributed by atoms with E-state index >= 15 is 0 Å². The monoisotopic (exact) mass is 269 g/mol. The first-order chi connectivity index (χ1) is 9.67. The van der Waals surface area contributed by atoms with Crippen LogP contribution >= 0.6 is 0 Å². The average molecular weight is 269 g/mol. The average Bonchev–Trinajstić information content (AvgIpc) is 3.20. The predicted octanol–water partition coefficient (Wildman–Crippen LogP) is 3.29. The summed E-state index contributed by atoms with van der Waals surface area (Å²) >= 11 is 0. The largest absolute Gasteiger partial charge is 0.330 e. The van der Waals surface area contributed by atoms with Crippen LogP contribution in [0.5, 0.6) is 0 Å². The maximum Gasteiger partial charge on any atom is 0.0951 e. The molecule has 1 N–H and O–H groups in total. The summed E-state index contributed by atoms with van der Waals surface area (Å²) in [6, 6.07) is 11.4. The van der Waals surface area contributed by atoms with E-state index in [9.17, 15) is 0 Å². The minimum Gasteiger partial charge on any atom is -0.330 e. The van der Waals surface area contributed by atoms with Crippen molar-refractivity contribution in [2.24, 2.45) is 0 Å². The molecule has 0 bridgehead atoms. The lowest BCUT2D eigenvalue weighted by atomic mass is 9.84. The smallest absolute Gasteiger partial charge is 0.0951 e. The Morgan fingerprint density at radius 1 is 1.25 bits per heavy atom. The Labute approximate surface area is 121 Å². The van der Waals surface area contributed by atoms with Crippen LogP contribution in [-0.2, 0) is 12.0 Å². The first-order valence-electron chi connectivity index (χ1n) is 7.44. The van der Waals surface area contributed by atoms with Gasteiger partial charge in [0, 0.05) is 30.7 Å². The molecule has 1 aromatic carbocycles. The molecule has 3 heteroatoms. The molecule has 2 aromatic rings. The van der Waals surface area contributed by atoms with Crippen LogP contribution in [0.25, 0.3) is 0 Å². The summed E-state index contributed by atoms with van der Waals surface area (Å²) in [5, 5.41) is 3.59. The van der Waals surface area contributed by atoms with Gasteiger partial charge in [-0.1, -0.05) is 44.2 Å². The fraction of sp³-hybridized carbons (Fsp3) is 0.471. The number of hydrogen-bond acceptors (Lipinski definition) is 2. The molecular formula is C17H23N3. The second kappa shape index (κ2) is 5.41. The highest BCUT2D eigenvalue weighted by Crippen LogP contribution is 2.35. The first kappa shape index (κ1) is 13.4. The van der Waals surface area contributed by atoms with E-state index in [0.29, 0.717) is 6.04 Å². The Morgan fingerprint density at radius 3 is 2.70 bits per heavy atom. The molecule has 106 valence electrons. The van der Waals surface area contributed by atoms with Crippen molar-refractivity contribution < 1.29 is 0 Å². The third-order valence-electron chi connectivity index (χ3n) is 4.11. The van der Waals surface area contributed by atoms with Crippen molar-refractivity contribution in [2.45, 2.75) is 44.7 Å². The number of nitrogens with one attached hydrogen (secondary N) is 1. The van der Waals surface area contributed by atoms with Crippen molar-refractivity contribution in [1.82, 2.24) is 14.9 Å². The summed E-state index contributed by atoms with van der Waals surface area (Å²) in [6.45, 7) is 6.43. The van der Waals surface area contributed by atoms with Gasteiger partial charge in [0.1, 0.15) is 0 Å². The zero-order valence-corrected chi connectivity index (χ0v) is 12.3. The zero-order valence-electron chi connectivity index (χ0n) is 12.3. The summed E-state index contributed by atoms with van der Waals surface area (Å²) in [4.78, 5) is 4.28. The Bertz CT molecular complexity index is 553. The summed E-state index contributed by atoms with van der Waals surface area (Å²) < 4.78 is 2.32. The molecule has 3 rings (SSSR count). The van der Waals surface area contributed by atoms with Gasteiger partial charge in [0.25, 0.3) is 0 Å². The molecule has 0 radical (unpaired) electrons. The summed E-state index contributed by atoms with van der Waals surface area (Å²) in [5.74, 6) is 0. The van der Waals surface area contributed by atoms with Crippen LogP contribution in [0, 0.1) is 0 Å². The molecule has 0 aliphatic heterocycles. The second-order valence-electron chi connectivity index (χ2n) is 6.38. The van der Waals surface area contributed by atoms with Crippen LogP contribution in [0.3, 0.4) is 0 Å². The maximum absolute atomic E-state index is 4.28. The molecule has 0 atom stereocenters. The lowest BCUT2D eigenvalue weighted by molar-refractivity contribution is 0.462. The van der Waals surface area contributed by atoms with E-state index in [1.54, 1.807) is 0 Å². The van der Waals surface area contributed by atoms with Crippen molar-refractivity contribution in [3.05, 3.63) is 54.1 Å². The molecule has 1 aromatic heterocycles. The van der Waals surface area contributed by atoms with E-state index in [-0.39, 0.29) is 5.41 Å². The summed E-state index contributed by atoms with van der Waals surface area (Å²) in [6.07, 6.45) is 6.57. The van der Waals surface area contributed by atoms with Crippen molar-refractivity contribution in [3.63, 3.8) is 0 Å². The number of nitrogens with zero attached hydrogens (tertiary/aromatic N) is 2. The van der Waals surface area contributed by atoms with Crippen molar-refractivity contribution >= 4 is 0 Å². The Morgan fingerprint density at radius 2 is 2.00 bits per heavy atom. The fourth-order valence-corrected chi connectivity index (χ4v) is 2.64. The molecule has 0 unspecified atom stereocenters. The molecule has 0 amide bonds. The molecule has 0 saturated heterocycles. The van der Waals surface area contributed by atoms with E-state index in [1.807, 2.05) is 12.5 Å². The third kappa shape index (κ3) is 2.93. The van der Waals surface area contributed by atoms with Crippen molar-refractivity contribution in [2.75, 3.05) is 6.54 Å². The van der Waals surface area contributed by atoms with E-state index in [4.69, 9.17) is 0 Å². The Kier molecular flexibility index (Phi) is 3.62. The lowest BCUT2D eigenvalue weighted by Gasteiger charge is -2.26. The van der Waals surface area contributed by atoms with Gasteiger partial charge in [0.2, 0.25) is 0 Å². The third-order valence-corrected chi connectivity index (χ3v) is 4.11. The number of hydrogen-bond donors (Lipinski definition) is 1. The van der Waals surface area contributed by atoms with Crippen LogP contribution in [0.4, 0.5) is 0 Å². The number of rotatable bonds is 6. The van der Waals surface area contributed by atoms with Gasteiger partial charge in [-0.3, -0.25) is 0 Å². The van der Waals surface area contributed by atoms with Gasteiger partial charge in [0.05, 0.1) is 12.0 Å². The molecular weight excluding hydrogens is 246 g/mol. The molecule has 1 saturated carbocycles. The molecule has 1 fully saturated rings. The number of aromatic nitrogens is 2. The van der Waals surface area contributed by atoms with Crippen molar-refractivity contribution in [1.29, 1.82) is 0 Å². The summed E-state index contributed by atoms with van der Waals surface area (Å²) in [7, 11) is 0. The first-order valence-corrected chi connectivity index (χ1v) is 7.44. The number of imidazole rings is 1. The van der Waals surface area contributed by atoms with E-state index in [0.717, 1.165) is 13.1 Å². The molecule has 1 aliphatic carbocycles. The van der Waals surface area contributed by atoms with Gasteiger partial charge in [-0.05, 0) is 18.4 Å². The highest BCUT2D eigenvalue weighted by atomic mass is 15.1. The Hall–Kier alpha value is -1.61. The topological polar surface area (TPSA) is 29.9 Å². The molecule has 1 heterocycles. The second-order valence-corrected chi connectivity index (χ2v) is 6.38. The number of benzene rings is 1. The van der Waals surface area contributed by atoms with Crippen LogP contribution in [0.15, 0.2) is 42.9 Å². The SMILES string of the molecule is CC(C)(CNCc1cncn1C1CC1)c1ccccc1. The standard InChI is InChI=1S/C17H23N3/c1-17(2,14-6-4-3-5-7-14)12-18-10-16-11-19-13-20(16)15-8-9-15/h3-7,11,13,15,18H,8-10,12H2,1-2H3. The van der Waals surface area contributed by atoms with Gasteiger partial charge in [-0.15, -0.1) is 0 Å². The van der Waals surface area contributed by atoms with Gasteiger partial charge in [0.15, 0.2) is 0 Å². The van der Waals surface area contributed by atoms with Gasteiger partial charge in [-0.2, -0.15) is 0 Å². The van der Waals surface area contributed by atoms with E-state index in [1.165, 1.54) is 24.1 Å². The van der Waals surface area contributed by atoms with Crippen LogP contribution < -0.4 is 5.32 Å². The molecule has 20 heavy (non-hydrogen) atoms. The van der Waals surface area contributed by atoms with E-state index < -0.39 is 0 Å². The van der Waals surface area contributed by atoms with Crippen LogP contribution in [0.2, 0.25) is 0 Å². The molecule has 0 spiro atoms.